The van der Waals surface area contributed by atoms with Crippen molar-refractivity contribution in [2.24, 2.45) is 5.84 Å². The van der Waals surface area contributed by atoms with Crippen LogP contribution in [0.5, 0.6) is 0 Å². The number of nitrogen functional groups attached to an aromatic ring is 1. The van der Waals surface area contributed by atoms with Crippen molar-refractivity contribution in [3.8, 4) is 0 Å². The molecule has 1 aromatic heterocycles. The van der Waals surface area contributed by atoms with Gasteiger partial charge < -0.3 is 4.90 Å². The largest absolute Gasteiger partial charge is 0.354 e. The van der Waals surface area contributed by atoms with Gasteiger partial charge in [0.05, 0.1) is 6.20 Å². The summed E-state index contributed by atoms with van der Waals surface area (Å²) < 4.78 is 13.3. The number of rotatable bonds is 3. The van der Waals surface area contributed by atoms with Crippen LogP contribution in [0.15, 0.2) is 6.20 Å². The van der Waals surface area contributed by atoms with E-state index in [4.69, 9.17) is 5.84 Å². The normalized spacial score (nSPS) is 15.4. The SMILES string of the molecule is CN(c1nc(NN)ncc1F)C1CC1. The predicted molar refractivity (Wildman–Crippen MR) is 51.2 cm³/mol. The average molecular weight is 197 g/mol. The minimum atomic E-state index is -0.418. The van der Waals surface area contributed by atoms with Gasteiger partial charge in [-0.05, 0) is 12.8 Å². The van der Waals surface area contributed by atoms with Gasteiger partial charge in [-0.3, -0.25) is 5.43 Å². The summed E-state index contributed by atoms with van der Waals surface area (Å²) in [5, 5.41) is 0. The van der Waals surface area contributed by atoms with E-state index >= 15 is 0 Å². The Labute approximate surface area is 81.1 Å². The van der Waals surface area contributed by atoms with Crippen molar-refractivity contribution in [1.29, 1.82) is 0 Å². The van der Waals surface area contributed by atoms with Crippen molar-refractivity contribution < 1.29 is 4.39 Å². The zero-order valence-electron chi connectivity index (χ0n) is 7.87. The Morgan fingerprint density at radius 3 is 2.93 bits per heavy atom. The average Bonchev–Trinajstić information content (AvgIpc) is 3.01. The van der Waals surface area contributed by atoms with E-state index in [-0.39, 0.29) is 5.95 Å². The summed E-state index contributed by atoms with van der Waals surface area (Å²) in [6, 6.07) is 0.407. The first kappa shape index (κ1) is 9.14. The fourth-order valence-electron chi connectivity index (χ4n) is 1.31. The molecule has 1 heterocycles. The molecule has 2 rings (SSSR count). The Balaban J connectivity index is 2.29. The lowest BCUT2D eigenvalue weighted by Crippen LogP contribution is -2.23. The highest BCUT2D eigenvalue weighted by Gasteiger charge is 2.29. The Bertz CT molecular complexity index is 339. The third kappa shape index (κ3) is 1.60. The van der Waals surface area contributed by atoms with Crippen molar-refractivity contribution in [3.63, 3.8) is 0 Å². The maximum absolute atomic E-state index is 13.3. The molecule has 6 heteroatoms. The predicted octanol–water partition coefficient (Wildman–Crippen LogP) is 0.500. The molecule has 1 fully saturated rings. The van der Waals surface area contributed by atoms with Crippen molar-refractivity contribution in [2.75, 3.05) is 17.4 Å². The lowest BCUT2D eigenvalue weighted by Gasteiger charge is -2.17. The van der Waals surface area contributed by atoms with Gasteiger partial charge in [0.2, 0.25) is 5.95 Å². The zero-order valence-corrected chi connectivity index (χ0v) is 7.87. The Morgan fingerprint density at radius 1 is 1.64 bits per heavy atom. The number of hydrazine groups is 1. The van der Waals surface area contributed by atoms with Gasteiger partial charge in [0.25, 0.3) is 0 Å². The molecule has 5 nitrogen and oxygen atoms in total. The highest BCUT2D eigenvalue weighted by Crippen LogP contribution is 2.30. The molecule has 0 aliphatic heterocycles. The van der Waals surface area contributed by atoms with Gasteiger partial charge in [-0.15, -0.1) is 0 Å². The highest BCUT2D eigenvalue weighted by atomic mass is 19.1. The molecule has 1 aliphatic carbocycles. The molecule has 0 saturated heterocycles. The van der Waals surface area contributed by atoms with Gasteiger partial charge in [0, 0.05) is 13.1 Å². The summed E-state index contributed by atoms with van der Waals surface area (Å²) in [4.78, 5) is 9.44. The number of hydrogen-bond acceptors (Lipinski definition) is 5. The van der Waals surface area contributed by atoms with Crippen molar-refractivity contribution in [2.45, 2.75) is 18.9 Å². The maximum atomic E-state index is 13.3. The molecular weight excluding hydrogens is 185 g/mol. The minimum Gasteiger partial charge on any atom is -0.354 e. The Hall–Kier alpha value is -1.43. The van der Waals surface area contributed by atoms with E-state index < -0.39 is 5.82 Å². The first-order valence-corrected chi connectivity index (χ1v) is 4.44. The molecule has 76 valence electrons. The van der Waals surface area contributed by atoms with Crippen LogP contribution in [0.25, 0.3) is 0 Å². The summed E-state index contributed by atoms with van der Waals surface area (Å²) in [6.45, 7) is 0. The number of hydrogen-bond donors (Lipinski definition) is 2. The van der Waals surface area contributed by atoms with Crippen LogP contribution < -0.4 is 16.2 Å². The zero-order chi connectivity index (χ0) is 10.1. The van der Waals surface area contributed by atoms with E-state index in [1.54, 1.807) is 0 Å². The lowest BCUT2D eigenvalue weighted by atomic mass is 10.4. The van der Waals surface area contributed by atoms with Crippen LogP contribution in [0.4, 0.5) is 16.2 Å². The van der Waals surface area contributed by atoms with Crippen LogP contribution in [0.1, 0.15) is 12.8 Å². The quantitative estimate of drug-likeness (QED) is 0.545. The number of nitrogens with zero attached hydrogens (tertiary/aromatic N) is 3. The standard InChI is InChI=1S/C8H12FN5/c1-14(5-2-3-5)7-6(9)4-11-8(12-7)13-10/h4-5H,2-3,10H2,1H3,(H,11,12,13). The summed E-state index contributed by atoms with van der Waals surface area (Å²) in [7, 11) is 1.82. The monoisotopic (exact) mass is 197 g/mol. The molecule has 3 N–H and O–H groups in total. The third-order valence-corrected chi connectivity index (χ3v) is 2.28. The smallest absolute Gasteiger partial charge is 0.239 e. The van der Waals surface area contributed by atoms with Crippen LogP contribution in [0.3, 0.4) is 0 Å². The summed E-state index contributed by atoms with van der Waals surface area (Å²) >= 11 is 0. The van der Waals surface area contributed by atoms with Crippen LogP contribution in [-0.4, -0.2) is 23.1 Å². The number of anilines is 2. The molecule has 14 heavy (non-hydrogen) atoms. The number of nitrogens with one attached hydrogen (secondary N) is 1. The van der Waals surface area contributed by atoms with E-state index in [1.165, 1.54) is 0 Å². The fraction of sp³-hybridized carbons (Fsp3) is 0.500. The highest BCUT2D eigenvalue weighted by molar-refractivity contribution is 5.44. The summed E-state index contributed by atoms with van der Waals surface area (Å²) in [5.74, 6) is 5.26. The fourth-order valence-corrected chi connectivity index (χ4v) is 1.31. The second-order valence-electron chi connectivity index (χ2n) is 3.35. The molecule has 0 bridgehead atoms. The van der Waals surface area contributed by atoms with Crippen molar-refractivity contribution >= 4 is 11.8 Å². The Morgan fingerprint density at radius 2 is 2.36 bits per heavy atom. The van der Waals surface area contributed by atoms with Gasteiger partial charge >= 0.3 is 0 Å². The molecule has 0 radical (unpaired) electrons. The number of nitrogens with two attached hydrogens (primary N) is 1. The number of aromatic nitrogens is 2. The van der Waals surface area contributed by atoms with Gasteiger partial charge in [0.15, 0.2) is 11.6 Å². The molecule has 1 saturated carbocycles. The summed E-state index contributed by atoms with van der Waals surface area (Å²) in [5.41, 5.74) is 2.29. The molecule has 0 atom stereocenters. The molecule has 1 aliphatic rings. The van der Waals surface area contributed by atoms with E-state index in [0.29, 0.717) is 11.9 Å². The van der Waals surface area contributed by atoms with Crippen LogP contribution >= 0.6 is 0 Å². The lowest BCUT2D eigenvalue weighted by molar-refractivity contribution is 0.607. The topological polar surface area (TPSA) is 67.1 Å². The van der Waals surface area contributed by atoms with Gasteiger partial charge in [-0.1, -0.05) is 0 Å². The molecule has 0 spiro atoms. The second kappa shape index (κ2) is 3.38. The van der Waals surface area contributed by atoms with E-state index in [0.717, 1.165) is 19.0 Å². The van der Waals surface area contributed by atoms with Gasteiger partial charge in [-0.25, -0.2) is 15.2 Å². The third-order valence-electron chi connectivity index (χ3n) is 2.28. The molecular formula is C8H12FN5. The number of halogens is 1. The van der Waals surface area contributed by atoms with Crippen LogP contribution in [0.2, 0.25) is 0 Å². The Kier molecular flexibility index (Phi) is 2.20. The molecule has 0 amide bonds. The maximum Gasteiger partial charge on any atom is 0.239 e. The molecule has 1 aromatic rings. The molecule has 0 unspecified atom stereocenters. The van der Waals surface area contributed by atoms with Crippen LogP contribution in [-0.2, 0) is 0 Å². The van der Waals surface area contributed by atoms with Crippen LogP contribution in [0, 0.1) is 5.82 Å². The first-order valence-electron chi connectivity index (χ1n) is 4.44. The van der Waals surface area contributed by atoms with Gasteiger partial charge in [0.1, 0.15) is 0 Å². The minimum absolute atomic E-state index is 0.230. The molecule has 0 aromatic carbocycles. The van der Waals surface area contributed by atoms with E-state index in [1.807, 2.05) is 11.9 Å². The first-order chi connectivity index (χ1) is 6.72. The van der Waals surface area contributed by atoms with Crippen molar-refractivity contribution in [3.05, 3.63) is 12.0 Å². The van der Waals surface area contributed by atoms with E-state index in [2.05, 4.69) is 15.4 Å². The second-order valence-corrected chi connectivity index (χ2v) is 3.35. The summed E-state index contributed by atoms with van der Waals surface area (Å²) in [6.07, 6.45) is 3.30. The van der Waals surface area contributed by atoms with Crippen molar-refractivity contribution in [1.82, 2.24) is 9.97 Å². The van der Waals surface area contributed by atoms with E-state index in [9.17, 15) is 4.39 Å². The van der Waals surface area contributed by atoms with Gasteiger partial charge in [-0.2, -0.15) is 4.98 Å².